The van der Waals surface area contributed by atoms with Gasteiger partial charge in [0.1, 0.15) is 13.1 Å². The maximum absolute atomic E-state index is 5.24. The first-order valence-corrected chi connectivity index (χ1v) is 3.89. The van der Waals surface area contributed by atoms with Gasteiger partial charge < -0.3 is 4.48 Å². The summed E-state index contributed by atoms with van der Waals surface area (Å²) in [4.78, 5) is 0. The van der Waals surface area contributed by atoms with Crippen LogP contribution in [0, 0.1) is 24.7 Å². The molecule has 0 aliphatic heterocycles. The van der Waals surface area contributed by atoms with Crippen LogP contribution in [0.5, 0.6) is 0 Å². The summed E-state index contributed by atoms with van der Waals surface area (Å²) in [6.07, 6.45) is 11.6. The van der Waals surface area contributed by atoms with E-state index in [9.17, 15) is 0 Å². The predicted molar refractivity (Wildman–Crippen MR) is 48.7 cm³/mol. The Hall–Kier alpha value is -0.920. The standard InChI is InChI=1S/C10H16N/c1-5-8-11(4,9-6-2)10-7-3/h1-2H,7-10H2,3-4H3/q+1. The van der Waals surface area contributed by atoms with E-state index in [-0.39, 0.29) is 0 Å². The van der Waals surface area contributed by atoms with E-state index in [1.165, 1.54) is 0 Å². The second kappa shape index (κ2) is 4.83. The molecule has 1 nitrogen and oxygen atoms in total. The van der Waals surface area contributed by atoms with Gasteiger partial charge in [0.15, 0.2) is 0 Å². The normalized spacial score (nSPS) is 10.2. The van der Waals surface area contributed by atoms with Crippen LogP contribution >= 0.6 is 0 Å². The lowest BCUT2D eigenvalue weighted by Crippen LogP contribution is -2.45. The molecule has 0 N–H and O–H groups in total. The quantitative estimate of drug-likeness (QED) is 0.416. The first-order chi connectivity index (χ1) is 5.18. The lowest BCUT2D eigenvalue weighted by atomic mass is 10.3. The van der Waals surface area contributed by atoms with Crippen molar-refractivity contribution in [2.24, 2.45) is 0 Å². The fourth-order valence-electron chi connectivity index (χ4n) is 1.19. The van der Waals surface area contributed by atoms with E-state index in [1.807, 2.05) is 0 Å². The maximum atomic E-state index is 5.24. The van der Waals surface area contributed by atoms with Gasteiger partial charge >= 0.3 is 0 Å². The van der Waals surface area contributed by atoms with Crippen LogP contribution in [0.25, 0.3) is 0 Å². The molecule has 0 spiro atoms. The molecular weight excluding hydrogens is 134 g/mol. The Morgan fingerprint density at radius 3 is 1.91 bits per heavy atom. The fourth-order valence-corrected chi connectivity index (χ4v) is 1.19. The average molecular weight is 150 g/mol. The van der Waals surface area contributed by atoms with Gasteiger partial charge in [-0.3, -0.25) is 0 Å². The third-order valence-electron chi connectivity index (χ3n) is 1.71. The SMILES string of the molecule is C#CC[N+](C)(CC#C)CCC. The molecule has 0 radical (unpaired) electrons. The molecule has 1 heteroatoms. The van der Waals surface area contributed by atoms with Gasteiger partial charge in [-0.05, 0) is 18.3 Å². The summed E-state index contributed by atoms with van der Waals surface area (Å²) in [5.74, 6) is 5.31. The summed E-state index contributed by atoms with van der Waals surface area (Å²) >= 11 is 0. The van der Waals surface area contributed by atoms with Crippen LogP contribution in [0.1, 0.15) is 13.3 Å². The Labute approximate surface area is 70.0 Å². The second-order valence-corrected chi connectivity index (χ2v) is 3.07. The fraction of sp³-hybridized carbons (Fsp3) is 0.600. The number of hydrogen-bond donors (Lipinski definition) is 0. The molecular formula is C10H16N+. The number of hydrogen-bond acceptors (Lipinski definition) is 0. The van der Waals surface area contributed by atoms with E-state index in [1.54, 1.807) is 0 Å². The molecule has 0 aliphatic rings. The highest BCUT2D eigenvalue weighted by molar-refractivity contribution is 4.88. The van der Waals surface area contributed by atoms with Gasteiger partial charge in [0.05, 0.1) is 13.6 Å². The van der Waals surface area contributed by atoms with Crippen LogP contribution in [-0.2, 0) is 0 Å². The predicted octanol–water partition coefficient (Wildman–Crippen LogP) is 1.11. The van der Waals surface area contributed by atoms with Crippen molar-refractivity contribution in [1.29, 1.82) is 0 Å². The van der Waals surface area contributed by atoms with Crippen molar-refractivity contribution < 1.29 is 4.48 Å². The molecule has 0 aliphatic carbocycles. The monoisotopic (exact) mass is 150 g/mol. The molecule has 0 aromatic rings. The lowest BCUT2D eigenvalue weighted by molar-refractivity contribution is -0.895. The zero-order valence-corrected chi connectivity index (χ0v) is 7.43. The van der Waals surface area contributed by atoms with Crippen molar-refractivity contribution in [3.8, 4) is 24.7 Å². The Morgan fingerprint density at radius 2 is 1.64 bits per heavy atom. The van der Waals surface area contributed by atoms with Crippen LogP contribution < -0.4 is 0 Å². The summed E-state index contributed by atoms with van der Waals surface area (Å²) < 4.78 is 0.809. The van der Waals surface area contributed by atoms with Crippen molar-refractivity contribution in [1.82, 2.24) is 0 Å². The Kier molecular flexibility index (Phi) is 4.42. The van der Waals surface area contributed by atoms with Gasteiger partial charge in [-0.2, -0.15) is 0 Å². The number of nitrogens with zero attached hydrogens (tertiary/aromatic N) is 1. The maximum Gasteiger partial charge on any atom is 0.141 e. The molecule has 11 heavy (non-hydrogen) atoms. The van der Waals surface area contributed by atoms with E-state index in [2.05, 4.69) is 25.8 Å². The van der Waals surface area contributed by atoms with Gasteiger partial charge in [0.2, 0.25) is 0 Å². The third kappa shape index (κ3) is 3.71. The molecule has 0 fully saturated rings. The number of quaternary nitrogens is 1. The van der Waals surface area contributed by atoms with E-state index in [0.29, 0.717) is 0 Å². The van der Waals surface area contributed by atoms with Gasteiger partial charge in [0.25, 0.3) is 0 Å². The molecule has 0 saturated carbocycles. The molecule has 0 aromatic heterocycles. The van der Waals surface area contributed by atoms with Gasteiger partial charge in [-0.1, -0.05) is 6.92 Å². The molecule has 0 rings (SSSR count). The highest BCUT2D eigenvalue weighted by atomic mass is 15.3. The van der Waals surface area contributed by atoms with Crippen molar-refractivity contribution in [2.45, 2.75) is 13.3 Å². The van der Waals surface area contributed by atoms with Crippen molar-refractivity contribution in [3.63, 3.8) is 0 Å². The van der Waals surface area contributed by atoms with E-state index < -0.39 is 0 Å². The molecule has 60 valence electrons. The molecule has 0 aromatic carbocycles. The van der Waals surface area contributed by atoms with Crippen LogP contribution in [0.2, 0.25) is 0 Å². The average Bonchev–Trinajstić information content (AvgIpc) is 1.88. The van der Waals surface area contributed by atoms with Crippen molar-refractivity contribution in [2.75, 3.05) is 26.7 Å². The summed E-state index contributed by atoms with van der Waals surface area (Å²) in [7, 11) is 2.10. The molecule has 0 atom stereocenters. The summed E-state index contributed by atoms with van der Waals surface area (Å²) in [6.45, 7) is 4.67. The zero-order chi connectivity index (χ0) is 8.74. The minimum atomic E-state index is 0.734. The molecule has 0 unspecified atom stereocenters. The van der Waals surface area contributed by atoms with Crippen molar-refractivity contribution in [3.05, 3.63) is 0 Å². The first-order valence-electron chi connectivity index (χ1n) is 3.89. The Bertz CT molecular complexity index is 164. The zero-order valence-electron chi connectivity index (χ0n) is 7.43. The van der Waals surface area contributed by atoms with Crippen molar-refractivity contribution >= 4 is 0 Å². The molecule has 0 saturated heterocycles. The molecule has 0 heterocycles. The number of rotatable bonds is 4. The highest BCUT2D eigenvalue weighted by Crippen LogP contribution is 2.01. The van der Waals surface area contributed by atoms with Crippen LogP contribution in [0.3, 0.4) is 0 Å². The summed E-state index contributed by atoms with van der Waals surface area (Å²) in [6, 6.07) is 0. The van der Waals surface area contributed by atoms with Gasteiger partial charge in [0, 0.05) is 0 Å². The largest absolute Gasteiger partial charge is 0.306 e. The topological polar surface area (TPSA) is 0 Å². The van der Waals surface area contributed by atoms with E-state index >= 15 is 0 Å². The van der Waals surface area contributed by atoms with Crippen LogP contribution in [0.4, 0.5) is 0 Å². The Morgan fingerprint density at radius 1 is 1.18 bits per heavy atom. The molecule has 0 amide bonds. The second-order valence-electron chi connectivity index (χ2n) is 3.07. The van der Waals surface area contributed by atoms with Gasteiger partial charge in [-0.25, -0.2) is 0 Å². The highest BCUT2D eigenvalue weighted by Gasteiger charge is 2.16. The van der Waals surface area contributed by atoms with E-state index in [0.717, 1.165) is 30.5 Å². The lowest BCUT2D eigenvalue weighted by Gasteiger charge is -2.29. The van der Waals surface area contributed by atoms with Gasteiger partial charge in [-0.15, -0.1) is 12.8 Å². The molecule has 0 bridgehead atoms. The minimum Gasteiger partial charge on any atom is -0.306 e. The Balaban J connectivity index is 4.05. The number of terminal acetylenes is 2. The van der Waals surface area contributed by atoms with Crippen LogP contribution in [0.15, 0.2) is 0 Å². The van der Waals surface area contributed by atoms with E-state index in [4.69, 9.17) is 12.8 Å². The summed E-state index contributed by atoms with van der Waals surface area (Å²) in [5.41, 5.74) is 0. The third-order valence-corrected chi connectivity index (χ3v) is 1.71. The smallest absolute Gasteiger partial charge is 0.141 e. The first kappa shape index (κ1) is 10.1. The summed E-state index contributed by atoms with van der Waals surface area (Å²) in [5, 5.41) is 0. The minimum absolute atomic E-state index is 0.734. The van der Waals surface area contributed by atoms with Crippen LogP contribution in [-0.4, -0.2) is 31.2 Å².